The largest absolute Gasteiger partial charge is 0.391 e. The minimum absolute atomic E-state index is 0.0956. The third kappa shape index (κ3) is 2.94. The quantitative estimate of drug-likeness (QED) is 0.468. The Balaban J connectivity index is 1.99. The number of nitrogens with zero attached hydrogens (tertiary/aromatic N) is 1. The maximum absolute atomic E-state index is 12.0. The number of ether oxygens (including phenoxy) is 1. The molecule has 1 aromatic carbocycles. The number of hydrogen-bond acceptors (Lipinski definition) is 3. The fourth-order valence-electron chi connectivity index (χ4n) is 1.61. The van der Waals surface area contributed by atoms with Crippen LogP contribution in [0.25, 0.3) is 0 Å². The molecule has 0 amide bonds. The zero-order valence-corrected chi connectivity index (χ0v) is 8.48. The molecule has 1 aliphatic rings. The fraction of sp³-hybridized carbons (Fsp3) is 0.400. The summed E-state index contributed by atoms with van der Waals surface area (Å²) in [6.45, 7) is 0. The summed E-state index contributed by atoms with van der Waals surface area (Å²) in [5.41, 5.74) is 0.437. The Morgan fingerprint density at radius 2 is 1.88 bits per heavy atom. The lowest BCUT2D eigenvalue weighted by Gasteiger charge is -2.02. The van der Waals surface area contributed by atoms with E-state index in [2.05, 4.69) is 0 Å². The third-order valence-electron chi connectivity index (χ3n) is 2.45. The van der Waals surface area contributed by atoms with E-state index in [4.69, 9.17) is 4.74 Å². The lowest BCUT2D eigenvalue weighted by atomic mass is 10.1. The van der Waals surface area contributed by atoms with Crippen LogP contribution in [0.5, 0.6) is 0 Å². The van der Waals surface area contributed by atoms with Crippen LogP contribution < -0.4 is 0 Å². The average Bonchev–Trinajstić information content (AvgIpc) is 2.94. The number of epoxide rings is 1. The van der Waals surface area contributed by atoms with E-state index >= 15 is 0 Å². The van der Waals surface area contributed by atoms with Gasteiger partial charge in [0.2, 0.25) is 0 Å². The number of non-ortho nitro benzene ring substituents is 1. The van der Waals surface area contributed by atoms with Gasteiger partial charge in [0.15, 0.2) is 0 Å². The van der Waals surface area contributed by atoms with Gasteiger partial charge in [-0.15, -0.1) is 0 Å². The van der Waals surface area contributed by atoms with Gasteiger partial charge in [0.25, 0.3) is 5.69 Å². The molecule has 7 heteroatoms. The Kier molecular flexibility index (Phi) is 2.78. The van der Waals surface area contributed by atoms with E-state index < -0.39 is 29.7 Å². The van der Waals surface area contributed by atoms with Crippen LogP contribution in [-0.4, -0.2) is 17.2 Å². The third-order valence-corrected chi connectivity index (χ3v) is 2.45. The number of rotatable bonds is 3. The van der Waals surface area contributed by atoms with Gasteiger partial charge in [0, 0.05) is 12.1 Å². The molecule has 1 aromatic rings. The Bertz CT molecular complexity index is 429. The first-order chi connectivity index (χ1) is 7.87. The minimum atomic E-state index is -4.25. The molecule has 0 saturated carbocycles. The first-order valence-electron chi connectivity index (χ1n) is 4.83. The molecule has 0 aromatic heterocycles. The molecule has 0 aliphatic carbocycles. The lowest BCUT2D eigenvalue weighted by molar-refractivity contribution is -0.384. The van der Waals surface area contributed by atoms with Crippen LogP contribution in [0.2, 0.25) is 0 Å². The fourth-order valence-corrected chi connectivity index (χ4v) is 1.61. The Morgan fingerprint density at radius 3 is 2.35 bits per heavy atom. The van der Waals surface area contributed by atoms with Crippen LogP contribution in [0, 0.1) is 10.1 Å². The van der Waals surface area contributed by atoms with Crippen molar-refractivity contribution in [2.24, 2.45) is 0 Å². The minimum Gasteiger partial charge on any atom is -0.364 e. The molecule has 2 atom stereocenters. The molecule has 2 rings (SSSR count). The summed E-state index contributed by atoms with van der Waals surface area (Å²) in [6.07, 6.45) is -6.71. The highest BCUT2D eigenvalue weighted by molar-refractivity contribution is 5.35. The van der Waals surface area contributed by atoms with Gasteiger partial charge < -0.3 is 4.74 Å². The summed E-state index contributed by atoms with van der Waals surface area (Å²) >= 11 is 0. The van der Waals surface area contributed by atoms with Crippen LogP contribution in [0.4, 0.5) is 18.9 Å². The molecule has 1 heterocycles. The second-order valence-electron chi connectivity index (χ2n) is 3.76. The molecule has 0 unspecified atom stereocenters. The predicted octanol–water partition coefficient (Wildman–Crippen LogP) is 2.99. The van der Waals surface area contributed by atoms with Crippen molar-refractivity contribution >= 4 is 5.69 Å². The van der Waals surface area contributed by atoms with Gasteiger partial charge in [0.1, 0.15) is 6.10 Å². The van der Waals surface area contributed by atoms with Gasteiger partial charge in [0.05, 0.1) is 17.4 Å². The van der Waals surface area contributed by atoms with E-state index in [1.54, 1.807) is 0 Å². The molecule has 1 aliphatic heterocycles. The molecule has 0 N–H and O–H groups in total. The maximum atomic E-state index is 12.0. The molecule has 0 spiro atoms. The van der Waals surface area contributed by atoms with E-state index in [1.165, 1.54) is 24.3 Å². The lowest BCUT2D eigenvalue weighted by Crippen LogP contribution is -2.11. The summed E-state index contributed by atoms with van der Waals surface area (Å²) in [5.74, 6) is 0. The first kappa shape index (κ1) is 11.8. The normalized spacial score (nSPS) is 23.5. The standard InChI is InChI=1S/C10H8F3NO3/c11-10(12,13)5-8-9(17-8)6-1-3-7(4-2-6)14(15)16/h1-4,8-9H,5H2/t8-,9-/m1/s1. The summed E-state index contributed by atoms with van der Waals surface area (Å²) in [6, 6.07) is 5.33. The summed E-state index contributed by atoms with van der Waals surface area (Å²) in [7, 11) is 0. The van der Waals surface area contributed by atoms with Gasteiger partial charge in [-0.25, -0.2) is 0 Å². The molecule has 0 radical (unpaired) electrons. The monoisotopic (exact) mass is 247 g/mol. The van der Waals surface area contributed by atoms with Crippen molar-refractivity contribution in [1.29, 1.82) is 0 Å². The number of benzene rings is 1. The van der Waals surface area contributed by atoms with Gasteiger partial charge >= 0.3 is 6.18 Å². The second-order valence-corrected chi connectivity index (χ2v) is 3.76. The number of nitro groups is 1. The van der Waals surface area contributed by atoms with Crippen molar-refractivity contribution < 1.29 is 22.8 Å². The van der Waals surface area contributed by atoms with Gasteiger partial charge in [-0.05, 0) is 17.7 Å². The first-order valence-corrected chi connectivity index (χ1v) is 4.83. The van der Waals surface area contributed by atoms with E-state index in [-0.39, 0.29) is 5.69 Å². The molecule has 92 valence electrons. The highest BCUT2D eigenvalue weighted by Crippen LogP contribution is 2.44. The van der Waals surface area contributed by atoms with E-state index in [9.17, 15) is 23.3 Å². The van der Waals surface area contributed by atoms with Crippen molar-refractivity contribution in [3.05, 3.63) is 39.9 Å². The number of halogens is 3. The molecule has 0 bridgehead atoms. The molecular weight excluding hydrogens is 239 g/mol. The Morgan fingerprint density at radius 1 is 1.29 bits per heavy atom. The number of hydrogen-bond donors (Lipinski definition) is 0. The van der Waals surface area contributed by atoms with Crippen molar-refractivity contribution in [3.63, 3.8) is 0 Å². The SMILES string of the molecule is O=[N+]([O-])c1ccc([C@H]2O[C@@H]2CC(F)(F)F)cc1. The average molecular weight is 247 g/mol. The van der Waals surface area contributed by atoms with Crippen molar-refractivity contribution in [1.82, 2.24) is 0 Å². The predicted molar refractivity (Wildman–Crippen MR) is 51.4 cm³/mol. The number of nitro benzene ring substituents is 1. The smallest absolute Gasteiger partial charge is 0.364 e. The Labute approximate surface area is 94.1 Å². The van der Waals surface area contributed by atoms with Crippen molar-refractivity contribution in [2.45, 2.75) is 24.8 Å². The van der Waals surface area contributed by atoms with Crippen molar-refractivity contribution in [2.75, 3.05) is 0 Å². The van der Waals surface area contributed by atoms with Crippen molar-refractivity contribution in [3.8, 4) is 0 Å². The van der Waals surface area contributed by atoms with Gasteiger partial charge in [-0.1, -0.05) is 0 Å². The van der Waals surface area contributed by atoms with Crippen LogP contribution in [0.1, 0.15) is 18.1 Å². The zero-order chi connectivity index (χ0) is 12.6. The van der Waals surface area contributed by atoms with E-state index in [0.29, 0.717) is 5.56 Å². The molecular formula is C10H8F3NO3. The van der Waals surface area contributed by atoms with Crippen LogP contribution in [0.3, 0.4) is 0 Å². The topological polar surface area (TPSA) is 55.7 Å². The van der Waals surface area contributed by atoms with E-state index in [0.717, 1.165) is 0 Å². The summed E-state index contributed by atoms with van der Waals surface area (Å²) in [5, 5.41) is 10.4. The maximum Gasteiger partial charge on any atom is 0.391 e. The van der Waals surface area contributed by atoms with E-state index in [1.807, 2.05) is 0 Å². The molecule has 4 nitrogen and oxygen atoms in total. The molecule has 17 heavy (non-hydrogen) atoms. The van der Waals surface area contributed by atoms with Gasteiger partial charge in [-0.3, -0.25) is 10.1 Å². The van der Waals surface area contributed by atoms with Crippen LogP contribution >= 0.6 is 0 Å². The zero-order valence-electron chi connectivity index (χ0n) is 8.48. The summed E-state index contributed by atoms with van der Waals surface area (Å²) < 4.78 is 41.0. The molecule has 1 fully saturated rings. The molecule has 1 saturated heterocycles. The second kappa shape index (κ2) is 3.99. The highest BCUT2D eigenvalue weighted by Gasteiger charge is 2.47. The van der Waals surface area contributed by atoms with Gasteiger partial charge in [-0.2, -0.15) is 13.2 Å². The number of alkyl halides is 3. The van der Waals surface area contributed by atoms with Crippen LogP contribution in [-0.2, 0) is 4.74 Å². The summed E-state index contributed by atoms with van der Waals surface area (Å²) in [4.78, 5) is 9.81. The van der Waals surface area contributed by atoms with Crippen LogP contribution in [0.15, 0.2) is 24.3 Å². The Hall–Kier alpha value is -1.63. The highest BCUT2D eigenvalue weighted by atomic mass is 19.4.